The van der Waals surface area contributed by atoms with E-state index in [-0.39, 0.29) is 38.2 Å². The largest absolute Gasteiger partial charge is 0.478 e. The van der Waals surface area contributed by atoms with E-state index in [1.165, 1.54) is 24.3 Å². The summed E-state index contributed by atoms with van der Waals surface area (Å²) >= 11 is 11.9. The van der Waals surface area contributed by atoms with E-state index < -0.39 is 27.9 Å². The summed E-state index contributed by atoms with van der Waals surface area (Å²) in [6.45, 7) is 0. The second kappa shape index (κ2) is 6.55. The molecular weight excluding hydrogens is 405 g/mol. The zero-order valence-electron chi connectivity index (χ0n) is 12.9. The maximum Gasteiger partial charge on any atom is 0.345 e. The van der Waals surface area contributed by atoms with E-state index in [2.05, 4.69) is 0 Å². The molecule has 0 bridgehead atoms. The molecule has 1 unspecified atom stereocenters. The molecule has 1 aliphatic heterocycles. The number of hydrogen-bond donors (Lipinski definition) is 2. The summed E-state index contributed by atoms with van der Waals surface area (Å²) in [7, 11) is -4.10. The van der Waals surface area contributed by atoms with Crippen LogP contribution in [0.2, 0.25) is 10.0 Å². The van der Waals surface area contributed by atoms with Crippen LogP contribution in [-0.4, -0.2) is 31.4 Å². The van der Waals surface area contributed by atoms with Crippen LogP contribution in [0, 0.1) is 0 Å². The number of primary sulfonamides is 1. The van der Waals surface area contributed by atoms with Gasteiger partial charge < -0.3 is 9.84 Å². The smallest absolute Gasteiger partial charge is 0.345 e. The van der Waals surface area contributed by atoms with Gasteiger partial charge in [-0.05, 0) is 30.3 Å². The number of halogens is 2. The average molecular weight is 416 g/mol. The summed E-state index contributed by atoms with van der Waals surface area (Å²) in [5.74, 6) is -1.44. The number of ketones is 1. The quantitative estimate of drug-likeness (QED) is 0.737. The van der Waals surface area contributed by atoms with Gasteiger partial charge >= 0.3 is 5.97 Å². The average Bonchev–Trinajstić information content (AvgIpc) is 2.98. The number of rotatable bonds is 4. The van der Waals surface area contributed by atoms with Gasteiger partial charge in [0.1, 0.15) is 10.6 Å². The minimum Gasteiger partial charge on any atom is -0.478 e. The molecule has 0 amide bonds. The lowest BCUT2D eigenvalue weighted by Crippen LogP contribution is -2.24. The number of carboxylic acids is 1. The highest BCUT2D eigenvalue weighted by Crippen LogP contribution is 2.37. The van der Waals surface area contributed by atoms with Crippen molar-refractivity contribution in [1.82, 2.24) is 0 Å². The molecule has 10 heteroatoms. The van der Waals surface area contributed by atoms with E-state index in [0.29, 0.717) is 5.56 Å². The van der Waals surface area contributed by atoms with Gasteiger partial charge in [0.15, 0.2) is 11.9 Å². The molecule has 7 nitrogen and oxygen atoms in total. The molecule has 0 spiro atoms. The molecule has 26 heavy (non-hydrogen) atoms. The lowest BCUT2D eigenvalue weighted by molar-refractivity contribution is -0.144. The Kier molecular flexibility index (Phi) is 4.70. The Hall–Kier alpha value is -2.13. The lowest BCUT2D eigenvalue weighted by Gasteiger charge is -2.08. The molecule has 0 fully saturated rings. The van der Waals surface area contributed by atoms with Crippen molar-refractivity contribution >= 4 is 45.0 Å². The third-order valence-corrected chi connectivity index (χ3v) is 5.50. The predicted octanol–water partition coefficient (Wildman–Crippen LogP) is 2.26. The number of ether oxygens (including phenoxy) is 1. The highest BCUT2D eigenvalue weighted by Gasteiger charge is 2.31. The molecule has 136 valence electrons. The molecule has 2 aromatic rings. The predicted molar refractivity (Wildman–Crippen MR) is 93.5 cm³/mol. The van der Waals surface area contributed by atoms with E-state index >= 15 is 0 Å². The summed E-state index contributed by atoms with van der Waals surface area (Å²) in [6, 6.07) is 6.50. The van der Waals surface area contributed by atoms with Crippen LogP contribution in [0.4, 0.5) is 0 Å². The maximum atomic E-state index is 12.7. The van der Waals surface area contributed by atoms with Gasteiger partial charge in [-0.25, -0.2) is 18.4 Å². The van der Waals surface area contributed by atoms with E-state index in [1.54, 1.807) is 0 Å². The Labute approximate surface area is 158 Å². The minimum absolute atomic E-state index is 0.0446. The number of sulfonamides is 1. The standard InChI is InChI=1S/C16H11Cl2NO6S/c17-10-2-1-7(6-13(10)26(19,23)24)14(20)8-3-9-5-12(16(21)22)25-15(9)11(18)4-8/h1-4,6,12H,5H2,(H,21,22)(H2,19,23,24). The summed E-state index contributed by atoms with van der Waals surface area (Å²) in [5.41, 5.74) is 0.683. The molecular formula is C16H11Cl2NO6S. The topological polar surface area (TPSA) is 124 Å². The minimum atomic E-state index is -4.10. The summed E-state index contributed by atoms with van der Waals surface area (Å²) < 4.78 is 28.4. The monoisotopic (exact) mass is 415 g/mol. The van der Waals surface area contributed by atoms with E-state index in [0.717, 1.165) is 6.07 Å². The number of benzene rings is 2. The molecule has 3 rings (SSSR count). The fraction of sp³-hybridized carbons (Fsp3) is 0.125. The normalized spacial score (nSPS) is 16.0. The molecule has 0 aromatic heterocycles. The first-order chi connectivity index (χ1) is 12.1. The van der Waals surface area contributed by atoms with Gasteiger partial charge in [-0.3, -0.25) is 4.79 Å². The first-order valence-electron chi connectivity index (χ1n) is 7.17. The summed E-state index contributed by atoms with van der Waals surface area (Å²) in [6.07, 6.45) is -1.01. The molecule has 3 N–H and O–H groups in total. The lowest BCUT2D eigenvalue weighted by atomic mass is 9.99. The number of nitrogens with two attached hydrogens (primary N) is 1. The molecule has 0 radical (unpaired) electrons. The maximum absolute atomic E-state index is 12.7. The van der Waals surface area contributed by atoms with Crippen LogP contribution in [0.5, 0.6) is 5.75 Å². The Bertz CT molecular complexity index is 1050. The van der Waals surface area contributed by atoms with Crippen LogP contribution in [0.1, 0.15) is 21.5 Å². The first kappa shape index (κ1) is 18.7. The van der Waals surface area contributed by atoms with Crippen LogP contribution in [0.15, 0.2) is 35.2 Å². The van der Waals surface area contributed by atoms with Crippen LogP contribution in [-0.2, 0) is 21.2 Å². The van der Waals surface area contributed by atoms with Gasteiger partial charge in [-0.15, -0.1) is 0 Å². The molecule has 0 saturated heterocycles. The van der Waals surface area contributed by atoms with Crippen molar-refractivity contribution in [3.05, 3.63) is 57.1 Å². The molecule has 1 aliphatic rings. The second-order valence-electron chi connectivity index (χ2n) is 5.61. The molecule has 2 aromatic carbocycles. The SMILES string of the molecule is NS(=O)(=O)c1cc(C(=O)c2cc(Cl)c3c(c2)CC(C(=O)O)O3)ccc1Cl. The van der Waals surface area contributed by atoms with Gasteiger partial charge in [-0.2, -0.15) is 0 Å². The van der Waals surface area contributed by atoms with Crippen molar-refractivity contribution in [2.45, 2.75) is 17.4 Å². The zero-order chi connectivity index (χ0) is 19.2. The Balaban J connectivity index is 2.02. The number of carbonyl (C=O) groups is 2. The van der Waals surface area contributed by atoms with Gasteiger partial charge in [0, 0.05) is 23.1 Å². The third-order valence-electron chi connectivity index (χ3n) is 3.82. The second-order valence-corrected chi connectivity index (χ2v) is 7.96. The van der Waals surface area contributed by atoms with E-state index in [1.807, 2.05) is 0 Å². The van der Waals surface area contributed by atoms with Crippen molar-refractivity contribution in [1.29, 1.82) is 0 Å². The number of carboxylic acid groups (broad SMARTS) is 1. The van der Waals surface area contributed by atoms with Crippen molar-refractivity contribution in [2.75, 3.05) is 0 Å². The number of hydrogen-bond acceptors (Lipinski definition) is 5. The van der Waals surface area contributed by atoms with Crippen molar-refractivity contribution in [3.63, 3.8) is 0 Å². The zero-order valence-corrected chi connectivity index (χ0v) is 15.2. The molecule has 0 aliphatic carbocycles. The van der Waals surface area contributed by atoms with Gasteiger partial charge in [0.2, 0.25) is 10.0 Å². The molecule has 1 atom stereocenters. The molecule has 1 heterocycles. The van der Waals surface area contributed by atoms with E-state index in [4.69, 9.17) is 38.2 Å². The summed E-state index contributed by atoms with van der Waals surface area (Å²) in [5, 5.41) is 14.1. The Morgan fingerprint density at radius 1 is 1.12 bits per heavy atom. The fourth-order valence-electron chi connectivity index (χ4n) is 2.62. The van der Waals surface area contributed by atoms with Crippen LogP contribution in [0.3, 0.4) is 0 Å². The number of fused-ring (bicyclic) bond motifs is 1. The highest BCUT2D eigenvalue weighted by atomic mass is 35.5. The Morgan fingerprint density at radius 3 is 2.42 bits per heavy atom. The third kappa shape index (κ3) is 3.41. The Morgan fingerprint density at radius 2 is 1.81 bits per heavy atom. The fourth-order valence-corrected chi connectivity index (χ4v) is 3.97. The first-order valence-corrected chi connectivity index (χ1v) is 9.47. The van der Waals surface area contributed by atoms with Gasteiger partial charge in [0.05, 0.1) is 10.0 Å². The molecule has 0 saturated carbocycles. The number of carbonyl (C=O) groups excluding carboxylic acids is 1. The van der Waals surface area contributed by atoms with Crippen LogP contribution in [0.25, 0.3) is 0 Å². The number of aliphatic carboxylic acids is 1. The van der Waals surface area contributed by atoms with Crippen molar-refractivity contribution in [3.8, 4) is 5.75 Å². The van der Waals surface area contributed by atoms with Crippen molar-refractivity contribution in [2.24, 2.45) is 5.14 Å². The van der Waals surface area contributed by atoms with Crippen molar-refractivity contribution < 1.29 is 27.9 Å². The van der Waals surface area contributed by atoms with E-state index in [9.17, 15) is 18.0 Å². The highest BCUT2D eigenvalue weighted by molar-refractivity contribution is 7.89. The van der Waals surface area contributed by atoms with Gasteiger partial charge in [-0.1, -0.05) is 23.2 Å². The van der Waals surface area contributed by atoms with Gasteiger partial charge in [0.25, 0.3) is 0 Å². The summed E-state index contributed by atoms with van der Waals surface area (Å²) in [4.78, 5) is 23.4. The van der Waals surface area contributed by atoms with Crippen LogP contribution < -0.4 is 9.88 Å². The van der Waals surface area contributed by atoms with Crippen LogP contribution >= 0.6 is 23.2 Å².